The quantitative estimate of drug-likeness (QED) is 0.424. The number of phenolic OH excluding ortho intramolecular Hbond substituents is 1. The first kappa shape index (κ1) is 20.4. The molecule has 0 aromatic heterocycles. The summed E-state index contributed by atoms with van der Waals surface area (Å²) in [6.07, 6.45) is 3.82. The highest BCUT2D eigenvalue weighted by Crippen LogP contribution is 2.24. The minimum Gasteiger partial charge on any atom is -0.507 e. The molecule has 0 unspecified atom stereocenters. The van der Waals surface area contributed by atoms with Gasteiger partial charge in [0.2, 0.25) is 0 Å². The van der Waals surface area contributed by atoms with E-state index in [1.807, 2.05) is 36.4 Å². The maximum atomic E-state index is 12.4. The molecule has 0 fully saturated rings. The number of carbonyl (C=O) groups excluding carboxylic acids is 1. The van der Waals surface area contributed by atoms with Gasteiger partial charge in [0.1, 0.15) is 5.75 Å². The molecule has 0 bridgehead atoms. The van der Waals surface area contributed by atoms with Crippen LogP contribution in [0.2, 0.25) is 0 Å². The Morgan fingerprint density at radius 1 is 1.00 bits per heavy atom. The van der Waals surface area contributed by atoms with Crippen LogP contribution in [-0.2, 0) is 0 Å². The van der Waals surface area contributed by atoms with Gasteiger partial charge in [-0.3, -0.25) is 4.79 Å². The lowest BCUT2D eigenvalue weighted by atomic mass is 10.1. The Bertz CT molecular complexity index is 991. The molecule has 29 heavy (non-hydrogen) atoms. The minimum absolute atomic E-state index is 0.0623. The average Bonchev–Trinajstić information content (AvgIpc) is 2.73. The molecular weight excluding hydrogens is 362 g/mol. The Hall–Kier alpha value is -3.34. The van der Waals surface area contributed by atoms with Crippen LogP contribution in [0, 0.1) is 0 Å². The van der Waals surface area contributed by atoms with Crippen molar-refractivity contribution in [1.82, 2.24) is 5.43 Å². The van der Waals surface area contributed by atoms with Crippen molar-refractivity contribution in [2.24, 2.45) is 5.10 Å². The second kappa shape index (κ2) is 9.73. The lowest BCUT2D eigenvalue weighted by Gasteiger charge is -2.23. The van der Waals surface area contributed by atoms with Crippen molar-refractivity contribution in [3.8, 4) is 5.75 Å². The summed E-state index contributed by atoms with van der Waals surface area (Å²) >= 11 is 0. The first-order chi connectivity index (χ1) is 14.1. The van der Waals surface area contributed by atoms with Crippen molar-refractivity contribution in [2.45, 2.75) is 26.7 Å². The van der Waals surface area contributed by atoms with E-state index in [1.165, 1.54) is 5.69 Å². The highest BCUT2D eigenvalue weighted by molar-refractivity contribution is 6.01. The van der Waals surface area contributed by atoms with E-state index >= 15 is 0 Å². The van der Waals surface area contributed by atoms with Gasteiger partial charge in [0, 0.05) is 18.8 Å². The summed E-state index contributed by atoms with van der Waals surface area (Å²) in [6.45, 7) is 6.43. The third kappa shape index (κ3) is 5.13. The van der Waals surface area contributed by atoms with E-state index in [2.05, 4.69) is 41.4 Å². The molecule has 2 N–H and O–H groups in total. The van der Waals surface area contributed by atoms with Crippen molar-refractivity contribution < 1.29 is 9.90 Å². The molecule has 5 nitrogen and oxygen atoms in total. The molecule has 0 saturated carbocycles. The third-order valence-electron chi connectivity index (χ3n) is 4.73. The molecule has 0 heterocycles. The number of aromatic hydroxyl groups is 1. The number of amides is 1. The summed E-state index contributed by atoms with van der Waals surface area (Å²) in [5.41, 5.74) is 4.77. The fourth-order valence-electron chi connectivity index (χ4n) is 3.32. The van der Waals surface area contributed by atoms with E-state index in [9.17, 15) is 9.90 Å². The smallest absolute Gasteiger partial charge is 0.275 e. The second-order valence-electron chi connectivity index (χ2n) is 6.99. The van der Waals surface area contributed by atoms with Gasteiger partial charge < -0.3 is 10.0 Å². The van der Waals surface area contributed by atoms with Crippen LogP contribution in [0.25, 0.3) is 10.8 Å². The molecule has 3 rings (SSSR count). The highest BCUT2D eigenvalue weighted by atomic mass is 16.3. The van der Waals surface area contributed by atoms with Gasteiger partial charge in [-0.25, -0.2) is 5.43 Å². The van der Waals surface area contributed by atoms with Gasteiger partial charge in [-0.2, -0.15) is 5.10 Å². The van der Waals surface area contributed by atoms with Gasteiger partial charge in [-0.05, 0) is 53.4 Å². The first-order valence-corrected chi connectivity index (χ1v) is 10.0. The maximum absolute atomic E-state index is 12.4. The zero-order valence-corrected chi connectivity index (χ0v) is 16.9. The van der Waals surface area contributed by atoms with E-state index in [1.54, 1.807) is 18.3 Å². The van der Waals surface area contributed by atoms with Gasteiger partial charge in [0.25, 0.3) is 5.91 Å². The van der Waals surface area contributed by atoms with E-state index in [-0.39, 0.29) is 11.3 Å². The Morgan fingerprint density at radius 3 is 2.24 bits per heavy atom. The molecule has 150 valence electrons. The molecule has 0 saturated heterocycles. The molecule has 0 aliphatic carbocycles. The van der Waals surface area contributed by atoms with E-state index < -0.39 is 5.91 Å². The van der Waals surface area contributed by atoms with Gasteiger partial charge in [-0.1, -0.05) is 50.2 Å². The van der Waals surface area contributed by atoms with Crippen LogP contribution in [0.15, 0.2) is 65.8 Å². The van der Waals surface area contributed by atoms with Gasteiger partial charge in [0.05, 0.1) is 11.8 Å². The number of hydrogen-bond donors (Lipinski definition) is 2. The van der Waals surface area contributed by atoms with Crippen molar-refractivity contribution in [3.63, 3.8) is 0 Å². The fourth-order valence-corrected chi connectivity index (χ4v) is 3.32. The monoisotopic (exact) mass is 389 g/mol. The summed E-state index contributed by atoms with van der Waals surface area (Å²) in [4.78, 5) is 14.8. The number of nitrogens with one attached hydrogen (secondary N) is 1. The molecule has 0 aliphatic rings. The topological polar surface area (TPSA) is 64.9 Å². The number of hydrazone groups is 1. The summed E-state index contributed by atoms with van der Waals surface area (Å²) in [6, 6.07) is 18.9. The SMILES string of the molecule is CCCN(CCC)c1ccc(/C=N\NC(=O)c2cc3ccccc3cc2O)cc1. The summed E-state index contributed by atoms with van der Waals surface area (Å²) in [5, 5.41) is 16.0. The predicted molar refractivity (Wildman–Crippen MR) is 120 cm³/mol. The van der Waals surface area contributed by atoms with Crippen LogP contribution in [0.4, 0.5) is 5.69 Å². The normalized spacial score (nSPS) is 11.1. The maximum Gasteiger partial charge on any atom is 0.275 e. The van der Waals surface area contributed by atoms with Crippen molar-refractivity contribution in [3.05, 3.63) is 71.8 Å². The molecule has 5 heteroatoms. The molecule has 1 amide bonds. The van der Waals surface area contributed by atoms with E-state index in [4.69, 9.17) is 0 Å². The number of carbonyl (C=O) groups is 1. The van der Waals surface area contributed by atoms with Crippen LogP contribution in [0.1, 0.15) is 42.6 Å². The third-order valence-corrected chi connectivity index (χ3v) is 4.73. The molecule has 0 aliphatic heterocycles. The van der Waals surface area contributed by atoms with Crippen LogP contribution in [0.5, 0.6) is 5.75 Å². The second-order valence-corrected chi connectivity index (χ2v) is 6.99. The standard InChI is InChI=1S/C24H27N3O2/c1-3-13-27(14-4-2)21-11-9-18(10-12-21)17-25-26-24(29)22-15-19-7-5-6-8-20(19)16-23(22)28/h5-12,15-17,28H,3-4,13-14H2,1-2H3,(H,26,29)/b25-17-. The Morgan fingerprint density at radius 2 is 1.62 bits per heavy atom. The van der Waals surface area contributed by atoms with E-state index in [0.717, 1.165) is 42.3 Å². The van der Waals surface area contributed by atoms with Gasteiger partial charge in [-0.15, -0.1) is 0 Å². The molecule has 3 aromatic rings. The zero-order valence-electron chi connectivity index (χ0n) is 16.9. The Labute approximate surface area is 171 Å². The van der Waals surface area contributed by atoms with Crippen LogP contribution < -0.4 is 10.3 Å². The number of phenols is 1. The van der Waals surface area contributed by atoms with Crippen molar-refractivity contribution in [2.75, 3.05) is 18.0 Å². The average molecular weight is 389 g/mol. The van der Waals surface area contributed by atoms with Gasteiger partial charge >= 0.3 is 0 Å². The summed E-state index contributed by atoms with van der Waals surface area (Å²) in [7, 11) is 0. The number of nitrogens with zero attached hydrogens (tertiary/aromatic N) is 2. The number of rotatable bonds is 8. The zero-order chi connectivity index (χ0) is 20.6. The number of fused-ring (bicyclic) bond motifs is 1. The number of anilines is 1. The van der Waals surface area contributed by atoms with E-state index in [0.29, 0.717) is 0 Å². The molecule has 0 radical (unpaired) electrons. The minimum atomic E-state index is -0.446. The van der Waals surface area contributed by atoms with Gasteiger partial charge in [0.15, 0.2) is 0 Å². The first-order valence-electron chi connectivity index (χ1n) is 10.0. The van der Waals surface area contributed by atoms with Crippen LogP contribution >= 0.6 is 0 Å². The lowest BCUT2D eigenvalue weighted by Crippen LogP contribution is -2.24. The summed E-state index contributed by atoms with van der Waals surface area (Å²) < 4.78 is 0. The Kier molecular flexibility index (Phi) is 6.85. The van der Waals surface area contributed by atoms with Crippen LogP contribution in [-0.4, -0.2) is 30.3 Å². The van der Waals surface area contributed by atoms with Crippen molar-refractivity contribution >= 4 is 28.6 Å². The lowest BCUT2D eigenvalue weighted by molar-refractivity contribution is 0.0952. The summed E-state index contributed by atoms with van der Waals surface area (Å²) in [5.74, 6) is -0.508. The molecular formula is C24H27N3O2. The highest BCUT2D eigenvalue weighted by Gasteiger charge is 2.11. The predicted octanol–water partition coefficient (Wildman–Crippen LogP) is 4.94. The number of benzene rings is 3. The molecule has 0 atom stereocenters. The van der Waals surface area contributed by atoms with Crippen molar-refractivity contribution in [1.29, 1.82) is 0 Å². The van der Waals surface area contributed by atoms with Crippen LogP contribution in [0.3, 0.4) is 0 Å². The largest absolute Gasteiger partial charge is 0.507 e. The molecule has 0 spiro atoms. The molecule has 3 aromatic carbocycles. The number of hydrogen-bond acceptors (Lipinski definition) is 4. The Balaban J connectivity index is 1.66. The fraction of sp³-hybridized carbons (Fsp3) is 0.250.